The summed E-state index contributed by atoms with van der Waals surface area (Å²) in [6.07, 6.45) is 1.45. The number of aliphatic carboxylic acids is 1. The van der Waals surface area contributed by atoms with Crippen LogP contribution >= 0.6 is 0 Å². The van der Waals surface area contributed by atoms with Crippen molar-refractivity contribution in [3.8, 4) is 11.5 Å². The van der Waals surface area contributed by atoms with Crippen molar-refractivity contribution in [2.24, 2.45) is 0 Å². The Kier molecular flexibility index (Phi) is 5.66. The lowest BCUT2D eigenvalue weighted by molar-refractivity contribution is -0.139. The van der Waals surface area contributed by atoms with E-state index in [9.17, 15) is 14.4 Å². The quantitative estimate of drug-likeness (QED) is 0.467. The van der Waals surface area contributed by atoms with Gasteiger partial charge in [-0.05, 0) is 37.6 Å². The Morgan fingerprint density at radius 3 is 2.24 bits per heavy atom. The van der Waals surface area contributed by atoms with Gasteiger partial charge in [0.05, 0.1) is 12.7 Å². The van der Waals surface area contributed by atoms with Gasteiger partial charge in [0.1, 0.15) is 0 Å². The minimum atomic E-state index is -1.10. The van der Waals surface area contributed by atoms with E-state index in [2.05, 4.69) is 0 Å². The molecule has 21 heavy (non-hydrogen) atoms. The average molecular weight is 292 g/mol. The molecule has 0 saturated heterocycles. The summed E-state index contributed by atoms with van der Waals surface area (Å²) in [6.45, 7) is 2.14. The van der Waals surface area contributed by atoms with Gasteiger partial charge in [-0.15, -0.1) is 0 Å². The van der Waals surface area contributed by atoms with Crippen LogP contribution in [0.4, 0.5) is 0 Å². The van der Waals surface area contributed by atoms with Crippen LogP contribution in [0, 0.1) is 0 Å². The highest BCUT2D eigenvalue weighted by molar-refractivity contribution is 6.21. The Hall–Kier alpha value is -2.63. The van der Waals surface area contributed by atoms with Gasteiger partial charge in [0, 0.05) is 0 Å². The number of methoxy groups -OCH3 is 1. The SMILES string of the molecule is COc1cc(C=C(C(C)=O)C(C)=O)ccc1OCC(=O)O. The van der Waals surface area contributed by atoms with Gasteiger partial charge in [0.2, 0.25) is 0 Å². The molecule has 0 heterocycles. The predicted octanol–water partition coefficient (Wildman–Crippen LogP) is 1.72. The summed E-state index contributed by atoms with van der Waals surface area (Å²) >= 11 is 0. The largest absolute Gasteiger partial charge is 0.493 e. The first-order valence-electron chi connectivity index (χ1n) is 6.11. The van der Waals surface area contributed by atoms with Gasteiger partial charge in [-0.1, -0.05) is 6.07 Å². The molecule has 6 heteroatoms. The number of carboxylic acids is 1. The molecule has 0 radical (unpaired) electrons. The highest BCUT2D eigenvalue weighted by Gasteiger charge is 2.11. The van der Waals surface area contributed by atoms with Crippen LogP contribution in [-0.2, 0) is 14.4 Å². The van der Waals surface area contributed by atoms with E-state index in [1.54, 1.807) is 12.1 Å². The van der Waals surface area contributed by atoms with Crippen molar-refractivity contribution >= 4 is 23.6 Å². The Balaban J connectivity index is 3.12. The summed E-state index contributed by atoms with van der Waals surface area (Å²) in [5.41, 5.74) is 0.659. The van der Waals surface area contributed by atoms with E-state index in [0.717, 1.165) is 0 Å². The second-order valence-electron chi connectivity index (χ2n) is 4.26. The third-order valence-electron chi connectivity index (χ3n) is 2.61. The third-order valence-corrected chi connectivity index (χ3v) is 2.61. The topological polar surface area (TPSA) is 89.9 Å². The second kappa shape index (κ2) is 7.23. The van der Waals surface area contributed by atoms with E-state index in [4.69, 9.17) is 14.6 Å². The monoisotopic (exact) mass is 292 g/mol. The highest BCUT2D eigenvalue weighted by atomic mass is 16.5. The number of carboxylic acid groups (broad SMARTS) is 1. The molecule has 1 aromatic rings. The number of benzene rings is 1. The van der Waals surface area contributed by atoms with Crippen LogP contribution in [0.25, 0.3) is 6.08 Å². The number of carbonyl (C=O) groups is 3. The number of carbonyl (C=O) groups excluding carboxylic acids is 2. The number of allylic oxidation sites excluding steroid dienone is 1. The molecule has 0 atom stereocenters. The van der Waals surface area contributed by atoms with E-state index in [-0.39, 0.29) is 22.9 Å². The molecule has 0 saturated carbocycles. The van der Waals surface area contributed by atoms with Gasteiger partial charge in [0.15, 0.2) is 29.7 Å². The standard InChI is InChI=1S/C15H16O6/c1-9(16)12(10(2)17)6-11-4-5-13(14(7-11)20-3)21-8-15(18)19/h4-7H,8H2,1-3H3,(H,18,19). The molecular weight excluding hydrogens is 276 g/mol. The third kappa shape index (κ3) is 4.76. The lowest BCUT2D eigenvalue weighted by Crippen LogP contribution is -2.10. The number of rotatable bonds is 7. The zero-order chi connectivity index (χ0) is 16.0. The van der Waals surface area contributed by atoms with Crippen LogP contribution in [0.1, 0.15) is 19.4 Å². The fourth-order valence-corrected chi connectivity index (χ4v) is 1.65. The number of hydrogen-bond donors (Lipinski definition) is 1. The van der Waals surface area contributed by atoms with Crippen molar-refractivity contribution < 1.29 is 29.0 Å². The van der Waals surface area contributed by atoms with Crippen molar-refractivity contribution in [2.45, 2.75) is 13.8 Å². The van der Waals surface area contributed by atoms with Crippen LogP contribution in [0.3, 0.4) is 0 Å². The van der Waals surface area contributed by atoms with Crippen molar-refractivity contribution in [3.05, 3.63) is 29.3 Å². The molecule has 0 aliphatic heterocycles. The molecular formula is C15H16O6. The van der Waals surface area contributed by atoms with Gasteiger partial charge in [-0.2, -0.15) is 0 Å². The zero-order valence-electron chi connectivity index (χ0n) is 12.0. The molecule has 6 nitrogen and oxygen atoms in total. The summed E-state index contributed by atoms with van der Waals surface area (Å²) in [5.74, 6) is -1.17. The number of Topliss-reactive ketones (excluding diaryl/α,β-unsaturated/α-hetero) is 2. The van der Waals surface area contributed by atoms with Crippen LogP contribution in [0.5, 0.6) is 11.5 Å². The maximum Gasteiger partial charge on any atom is 0.341 e. The molecule has 0 amide bonds. The molecule has 1 rings (SSSR count). The first kappa shape index (κ1) is 16.4. The predicted molar refractivity (Wildman–Crippen MR) is 75.5 cm³/mol. The van der Waals surface area contributed by atoms with Gasteiger partial charge in [-0.3, -0.25) is 9.59 Å². The van der Waals surface area contributed by atoms with Crippen LogP contribution < -0.4 is 9.47 Å². The van der Waals surface area contributed by atoms with Crippen molar-refractivity contribution in [3.63, 3.8) is 0 Å². The molecule has 0 aliphatic rings. The Morgan fingerprint density at radius 1 is 1.14 bits per heavy atom. The van der Waals surface area contributed by atoms with Gasteiger partial charge in [0.25, 0.3) is 0 Å². The number of ether oxygens (including phenoxy) is 2. The number of hydrogen-bond acceptors (Lipinski definition) is 5. The van der Waals surface area contributed by atoms with Crippen molar-refractivity contribution in [1.82, 2.24) is 0 Å². The van der Waals surface area contributed by atoms with Crippen molar-refractivity contribution in [2.75, 3.05) is 13.7 Å². The van der Waals surface area contributed by atoms with E-state index < -0.39 is 12.6 Å². The Labute approximate surface area is 122 Å². The molecule has 0 spiro atoms. The fourth-order valence-electron chi connectivity index (χ4n) is 1.65. The summed E-state index contributed by atoms with van der Waals surface area (Å²) < 4.78 is 10.2. The maximum absolute atomic E-state index is 11.4. The Morgan fingerprint density at radius 2 is 1.76 bits per heavy atom. The van der Waals surface area contributed by atoms with E-state index in [1.165, 1.54) is 33.1 Å². The molecule has 0 aliphatic carbocycles. The fraction of sp³-hybridized carbons (Fsp3) is 0.267. The molecule has 0 aromatic heterocycles. The summed E-state index contributed by atoms with van der Waals surface area (Å²) in [6, 6.07) is 4.68. The van der Waals surface area contributed by atoms with Gasteiger partial charge >= 0.3 is 5.97 Å². The van der Waals surface area contributed by atoms with Crippen LogP contribution in [0.2, 0.25) is 0 Å². The first-order chi connectivity index (χ1) is 9.85. The van der Waals surface area contributed by atoms with Crippen LogP contribution in [-0.4, -0.2) is 36.4 Å². The second-order valence-corrected chi connectivity index (χ2v) is 4.26. The molecule has 1 N–H and O–H groups in total. The lowest BCUT2D eigenvalue weighted by atomic mass is 10.0. The minimum Gasteiger partial charge on any atom is -0.493 e. The Bertz CT molecular complexity index is 584. The molecule has 0 fully saturated rings. The van der Waals surface area contributed by atoms with E-state index in [1.807, 2.05) is 0 Å². The van der Waals surface area contributed by atoms with Gasteiger partial charge in [-0.25, -0.2) is 4.79 Å². The molecule has 1 aromatic carbocycles. The summed E-state index contributed by atoms with van der Waals surface area (Å²) in [4.78, 5) is 33.2. The van der Waals surface area contributed by atoms with E-state index in [0.29, 0.717) is 11.3 Å². The summed E-state index contributed by atoms with van der Waals surface area (Å²) in [7, 11) is 1.41. The number of ketones is 2. The van der Waals surface area contributed by atoms with Crippen LogP contribution in [0.15, 0.2) is 23.8 Å². The highest BCUT2D eigenvalue weighted by Crippen LogP contribution is 2.29. The van der Waals surface area contributed by atoms with E-state index >= 15 is 0 Å². The smallest absolute Gasteiger partial charge is 0.341 e. The first-order valence-corrected chi connectivity index (χ1v) is 6.11. The normalized spacial score (nSPS) is 9.67. The lowest BCUT2D eigenvalue weighted by Gasteiger charge is -2.10. The van der Waals surface area contributed by atoms with Gasteiger partial charge < -0.3 is 14.6 Å². The van der Waals surface area contributed by atoms with Crippen molar-refractivity contribution in [1.29, 1.82) is 0 Å². The molecule has 0 bridgehead atoms. The maximum atomic E-state index is 11.4. The average Bonchev–Trinajstić information content (AvgIpc) is 2.42. The molecule has 112 valence electrons. The molecule has 0 unspecified atom stereocenters. The summed E-state index contributed by atoms with van der Waals surface area (Å²) in [5, 5.41) is 8.58. The zero-order valence-corrected chi connectivity index (χ0v) is 12.0. The minimum absolute atomic E-state index is 0.0799.